The molecule has 0 N–H and O–H groups in total. The molecule has 0 radical (unpaired) electrons. The predicted molar refractivity (Wildman–Crippen MR) is 70.5 cm³/mol. The van der Waals surface area contributed by atoms with Crippen LogP contribution >= 0.6 is 11.8 Å². The molecule has 4 nitrogen and oxygen atoms in total. The van der Waals surface area contributed by atoms with Gasteiger partial charge in [0.25, 0.3) is 0 Å². The van der Waals surface area contributed by atoms with Crippen LogP contribution in [-0.4, -0.2) is 41.9 Å². The highest BCUT2D eigenvalue weighted by atomic mass is 32.2. The van der Waals surface area contributed by atoms with Gasteiger partial charge in [-0.1, -0.05) is 12.1 Å². The van der Waals surface area contributed by atoms with Crippen molar-refractivity contribution in [3.05, 3.63) is 35.4 Å². The van der Waals surface area contributed by atoms with Crippen LogP contribution in [0.3, 0.4) is 0 Å². The van der Waals surface area contributed by atoms with E-state index in [-0.39, 0.29) is 11.9 Å². The SMILES string of the molecule is COC(=O)c1ccc(CN2CCSCC2=O)cc1. The average molecular weight is 265 g/mol. The summed E-state index contributed by atoms with van der Waals surface area (Å²) in [6.07, 6.45) is 0. The molecule has 1 saturated heterocycles. The second kappa shape index (κ2) is 5.91. The first-order valence-electron chi connectivity index (χ1n) is 5.73. The van der Waals surface area contributed by atoms with Crippen molar-refractivity contribution in [2.75, 3.05) is 25.2 Å². The highest BCUT2D eigenvalue weighted by Crippen LogP contribution is 2.14. The lowest BCUT2D eigenvalue weighted by Gasteiger charge is -2.26. The van der Waals surface area contributed by atoms with E-state index in [2.05, 4.69) is 4.74 Å². The van der Waals surface area contributed by atoms with E-state index in [1.165, 1.54) is 7.11 Å². The molecule has 0 bridgehead atoms. The van der Waals surface area contributed by atoms with Crippen LogP contribution in [0.5, 0.6) is 0 Å². The number of benzene rings is 1. The van der Waals surface area contributed by atoms with Crippen LogP contribution in [-0.2, 0) is 16.1 Å². The monoisotopic (exact) mass is 265 g/mol. The predicted octanol–water partition coefficient (Wildman–Crippen LogP) is 1.55. The van der Waals surface area contributed by atoms with Gasteiger partial charge in [-0.05, 0) is 17.7 Å². The third-order valence-corrected chi connectivity index (χ3v) is 3.75. The summed E-state index contributed by atoms with van der Waals surface area (Å²) >= 11 is 1.67. The summed E-state index contributed by atoms with van der Waals surface area (Å²) in [4.78, 5) is 24.8. The standard InChI is InChI=1S/C13H15NO3S/c1-17-13(16)11-4-2-10(3-5-11)8-14-6-7-18-9-12(14)15/h2-5H,6-9H2,1H3. The minimum absolute atomic E-state index is 0.184. The zero-order chi connectivity index (χ0) is 13.0. The van der Waals surface area contributed by atoms with Crippen molar-refractivity contribution in [3.63, 3.8) is 0 Å². The zero-order valence-electron chi connectivity index (χ0n) is 10.2. The van der Waals surface area contributed by atoms with Crippen LogP contribution in [0.2, 0.25) is 0 Å². The van der Waals surface area contributed by atoms with E-state index in [1.54, 1.807) is 23.9 Å². The fraction of sp³-hybridized carbons (Fsp3) is 0.385. The molecule has 0 aliphatic carbocycles. The Kier molecular flexibility index (Phi) is 4.25. The fourth-order valence-electron chi connectivity index (χ4n) is 1.80. The molecule has 96 valence electrons. The molecule has 1 heterocycles. The van der Waals surface area contributed by atoms with Crippen LogP contribution in [0.4, 0.5) is 0 Å². The number of esters is 1. The van der Waals surface area contributed by atoms with Gasteiger partial charge in [-0.2, -0.15) is 11.8 Å². The minimum Gasteiger partial charge on any atom is -0.465 e. The normalized spacial score (nSPS) is 15.6. The molecule has 1 fully saturated rings. The number of ether oxygens (including phenoxy) is 1. The highest BCUT2D eigenvalue weighted by molar-refractivity contribution is 8.00. The van der Waals surface area contributed by atoms with Gasteiger partial charge in [0.05, 0.1) is 18.4 Å². The Morgan fingerprint density at radius 1 is 1.39 bits per heavy atom. The van der Waals surface area contributed by atoms with E-state index in [1.807, 2.05) is 17.0 Å². The smallest absolute Gasteiger partial charge is 0.337 e. The summed E-state index contributed by atoms with van der Waals surface area (Å²) in [6.45, 7) is 1.41. The summed E-state index contributed by atoms with van der Waals surface area (Å²) in [6, 6.07) is 7.18. The maximum absolute atomic E-state index is 11.7. The van der Waals surface area contributed by atoms with Crippen molar-refractivity contribution in [2.24, 2.45) is 0 Å². The van der Waals surface area contributed by atoms with Gasteiger partial charge in [-0.15, -0.1) is 0 Å². The van der Waals surface area contributed by atoms with Crippen molar-refractivity contribution >= 4 is 23.6 Å². The van der Waals surface area contributed by atoms with Crippen LogP contribution in [0.25, 0.3) is 0 Å². The number of nitrogens with zero attached hydrogens (tertiary/aromatic N) is 1. The summed E-state index contributed by atoms with van der Waals surface area (Å²) in [7, 11) is 1.36. The molecule has 5 heteroatoms. The third kappa shape index (κ3) is 3.04. The van der Waals surface area contributed by atoms with Crippen LogP contribution < -0.4 is 0 Å². The van der Waals surface area contributed by atoms with E-state index in [9.17, 15) is 9.59 Å². The average Bonchev–Trinajstić information content (AvgIpc) is 2.41. The number of carbonyl (C=O) groups excluding carboxylic acids is 2. The summed E-state index contributed by atoms with van der Waals surface area (Å²) in [5.74, 6) is 1.40. The number of carbonyl (C=O) groups is 2. The van der Waals surface area contributed by atoms with Gasteiger partial charge >= 0.3 is 5.97 Å². The molecular weight excluding hydrogens is 250 g/mol. The molecule has 2 rings (SSSR count). The maximum atomic E-state index is 11.7. The number of methoxy groups -OCH3 is 1. The van der Waals surface area contributed by atoms with E-state index in [0.29, 0.717) is 17.9 Å². The Morgan fingerprint density at radius 3 is 2.72 bits per heavy atom. The van der Waals surface area contributed by atoms with E-state index in [4.69, 9.17) is 0 Å². The topological polar surface area (TPSA) is 46.6 Å². The number of amides is 1. The highest BCUT2D eigenvalue weighted by Gasteiger charge is 2.18. The van der Waals surface area contributed by atoms with Crippen molar-refractivity contribution in [3.8, 4) is 0 Å². The van der Waals surface area contributed by atoms with E-state index in [0.717, 1.165) is 17.9 Å². The quantitative estimate of drug-likeness (QED) is 0.778. The second-order valence-corrected chi connectivity index (χ2v) is 5.16. The lowest BCUT2D eigenvalue weighted by molar-refractivity contribution is -0.129. The molecule has 1 aliphatic rings. The van der Waals surface area contributed by atoms with Crippen molar-refractivity contribution in [1.29, 1.82) is 0 Å². The van der Waals surface area contributed by atoms with Gasteiger partial charge in [0, 0.05) is 18.8 Å². The first-order valence-corrected chi connectivity index (χ1v) is 6.89. The molecule has 1 amide bonds. The summed E-state index contributed by atoms with van der Waals surface area (Å²) in [5, 5.41) is 0. The minimum atomic E-state index is -0.341. The lowest BCUT2D eigenvalue weighted by Crippen LogP contribution is -2.37. The summed E-state index contributed by atoms with van der Waals surface area (Å²) < 4.78 is 4.64. The van der Waals surface area contributed by atoms with Gasteiger partial charge in [-0.3, -0.25) is 4.79 Å². The molecule has 0 atom stereocenters. The van der Waals surface area contributed by atoms with Crippen molar-refractivity contribution < 1.29 is 14.3 Å². The van der Waals surface area contributed by atoms with E-state index < -0.39 is 0 Å². The maximum Gasteiger partial charge on any atom is 0.337 e. The first-order chi connectivity index (χ1) is 8.70. The number of thioether (sulfide) groups is 1. The fourth-order valence-corrected chi connectivity index (χ4v) is 2.65. The lowest BCUT2D eigenvalue weighted by atomic mass is 10.1. The molecule has 1 aromatic carbocycles. The van der Waals surface area contributed by atoms with Gasteiger partial charge < -0.3 is 9.64 Å². The Labute approximate surface area is 110 Å². The molecule has 1 aromatic rings. The van der Waals surface area contributed by atoms with Gasteiger partial charge in [0.1, 0.15) is 0 Å². The Bertz CT molecular complexity index is 444. The first kappa shape index (κ1) is 13.0. The zero-order valence-corrected chi connectivity index (χ0v) is 11.0. The number of rotatable bonds is 3. The van der Waals surface area contributed by atoms with Crippen molar-refractivity contribution in [1.82, 2.24) is 4.90 Å². The summed E-state index contributed by atoms with van der Waals surface area (Å²) in [5.41, 5.74) is 1.56. The Hall–Kier alpha value is -1.49. The van der Waals surface area contributed by atoms with Gasteiger partial charge in [0.15, 0.2) is 0 Å². The molecular formula is C13H15NO3S. The van der Waals surface area contributed by atoms with E-state index >= 15 is 0 Å². The molecule has 18 heavy (non-hydrogen) atoms. The third-order valence-electron chi connectivity index (χ3n) is 2.83. The van der Waals surface area contributed by atoms with Gasteiger partial charge in [0.2, 0.25) is 5.91 Å². The Balaban J connectivity index is 2.01. The molecule has 0 aromatic heterocycles. The molecule has 1 aliphatic heterocycles. The molecule has 0 spiro atoms. The van der Waals surface area contributed by atoms with Crippen LogP contribution in [0.1, 0.15) is 15.9 Å². The second-order valence-electron chi connectivity index (χ2n) is 4.06. The number of hydrogen-bond donors (Lipinski definition) is 0. The van der Waals surface area contributed by atoms with Crippen molar-refractivity contribution in [2.45, 2.75) is 6.54 Å². The van der Waals surface area contributed by atoms with Gasteiger partial charge in [-0.25, -0.2) is 4.79 Å². The van der Waals surface area contributed by atoms with Crippen LogP contribution in [0, 0.1) is 0 Å². The molecule has 0 saturated carbocycles. The number of hydrogen-bond acceptors (Lipinski definition) is 4. The largest absolute Gasteiger partial charge is 0.465 e. The van der Waals surface area contributed by atoms with Crippen LogP contribution in [0.15, 0.2) is 24.3 Å². The molecule has 0 unspecified atom stereocenters. The Morgan fingerprint density at radius 2 is 2.11 bits per heavy atom.